The van der Waals surface area contributed by atoms with Crippen LogP contribution in [-0.4, -0.2) is 24.1 Å². The summed E-state index contributed by atoms with van der Waals surface area (Å²) in [5, 5.41) is 29.0. The first-order valence-electron chi connectivity index (χ1n) is 8.71. The molecule has 154 valence electrons. The Morgan fingerprint density at radius 3 is 1.43 bits per heavy atom. The van der Waals surface area contributed by atoms with Crippen molar-refractivity contribution in [2.45, 2.75) is 0 Å². The van der Waals surface area contributed by atoms with E-state index in [4.69, 9.17) is 9.47 Å². The molecule has 0 fully saturated rings. The molecule has 0 saturated heterocycles. The summed E-state index contributed by atoms with van der Waals surface area (Å²) in [6.07, 6.45) is 0. The predicted octanol–water partition coefficient (Wildman–Crippen LogP) is 5.01. The van der Waals surface area contributed by atoms with Crippen molar-refractivity contribution in [3.05, 3.63) is 80.9 Å². The van der Waals surface area contributed by atoms with Crippen molar-refractivity contribution in [1.82, 2.24) is 0 Å². The second-order valence-electron chi connectivity index (χ2n) is 6.05. The van der Waals surface area contributed by atoms with Gasteiger partial charge in [-0.2, -0.15) is 0 Å². The summed E-state index contributed by atoms with van der Waals surface area (Å²) < 4.78 is 10.5. The monoisotopic (exact) mass is 410 g/mol. The molecular weight excluding hydrogens is 392 g/mol. The van der Waals surface area contributed by atoms with Crippen LogP contribution in [0.25, 0.3) is 0 Å². The van der Waals surface area contributed by atoms with Crippen molar-refractivity contribution in [3.8, 4) is 11.5 Å². The fourth-order valence-corrected chi connectivity index (χ4v) is 2.87. The zero-order chi connectivity index (χ0) is 21.7. The van der Waals surface area contributed by atoms with Gasteiger partial charge in [-0.05, 0) is 30.3 Å². The molecule has 3 aromatic rings. The molecule has 0 bridgehead atoms. The van der Waals surface area contributed by atoms with Crippen LogP contribution in [0, 0.1) is 20.2 Å². The molecule has 10 heteroatoms. The van der Waals surface area contributed by atoms with E-state index in [-0.39, 0.29) is 11.4 Å². The molecule has 30 heavy (non-hydrogen) atoms. The van der Waals surface area contributed by atoms with Crippen molar-refractivity contribution in [2.75, 3.05) is 24.9 Å². The Kier molecular flexibility index (Phi) is 5.97. The molecule has 0 aromatic heterocycles. The van der Waals surface area contributed by atoms with E-state index in [2.05, 4.69) is 10.6 Å². The van der Waals surface area contributed by atoms with E-state index in [1.165, 1.54) is 20.3 Å². The minimum Gasteiger partial charge on any atom is -0.495 e. The van der Waals surface area contributed by atoms with Gasteiger partial charge in [0.1, 0.15) is 22.9 Å². The largest absolute Gasteiger partial charge is 0.495 e. The third kappa shape index (κ3) is 4.22. The highest BCUT2D eigenvalue weighted by Crippen LogP contribution is 2.41. The van der Waals surface area contributed by atoms with Gasteiger partial charge in [0.05, 0.1) is 41.5 Å². The van der Waals surface area contributed by atoms with Crippen LogP contribution < -0.4 is 20.1 Å². The Hall–Kier alpha value is -4.34. The van der Waals surface area contributed by atoms with E-state index in [0.29, 0.717) is 22.9 Å². The SMILES string of the molecule is COc1ccccc1Nc1cc(Nc2ccccc2OC)c([N+](=O)[O-])cc1[N+](=O)[O-]. The third-order valence-corrected chi connectivity index (χ3v) is 4.26. The van der Waals surface area contributed by atoms with Gasteiger partial charge in [-0.25, -0.2) is 0 Å². The maximum absolute atomic E-state index is 11.6. The van der Waals surface area contributed by atoms with E-state index in [1.54, 1.807) is 48.5 Å². The van der Waals surface area contributed by atoms with Gasteiger partial charge in [-0.15, -0.1) is 0 Å². The number of nitrogens with one attached hydrogen (secondary N) is 2. The minimum absolute atomic E-state index is 0.0625. The number of para-hydroxylation sites is 4. The van der Waals surface area contributed by atoms with E-state index < -0.39 is 21.2 Å². The Bertz CT molecular complexity index is 1020. The van der Waals surface area contributed by atoms with Crippen molar-refractivity contribution in [1.29, 1.82) is 0 Å². The molecule has 10 nitrogen and oxygen atoms in total. The Labute approximate surface area is 171 Å². The number of anilines is 4. The van der Waals surface area contributed by atoms with Gasteiger partial charge >= 0.3 is 0 Å². The summed E-state index contributed by atoms with van der Waals surface area (Å²) in [5.74, 6) is 0.925. The second kappa shape index (κ2) is 8.78. The Balaban J connectivity index is 2.13. The fraction of sp³-hybridized carbons (Fsp3) is 0.100. The van der Waals surface area contributed by atoms with Crippen LogP contribution in [0.4, 0.5) is 34.1 Å². The molecule has 2 N–H and O–H groups in total. The van der Waals surface area contributed by atoms with E-state index >= 15 is 0 Å². The van der Waals surface area contributed by atoms with Crippen LogP contribution in [0.3, 0.4) is 0 Å². The molecule has 3 aromatic carbocycles. The van der Waals surface area contributed by atoms with Gasteiger partial charge in [0.2, 0.25) is 0 Å². The molecule has 0 saturated carbocycles. The lowest BCUT2D eigenvalue weighted by Crippen LogP contribution is -2.04. The van der Waals surface area contributed by atoms with Crippen molar-refractivity contribution in [2.24, 2.45) is 0 Å². The van der Waals surface area contributed by atoms with Crippen LogP contribution in [-0.2, 0) is 0 Å². The lowest BCUT2D eigenvalue weighted by molar-refractivity contribution is -0.393. The zero-order valence-electron chi connectivity index (χ0n) is 16.1. The molecular formula is C20H18N4O6. The maximum Gasteiger partial charge on any atom is 0.299 e. The average Bonchev–Trinajstić information content (AvgIpc) is 2.74. The number of nitrogens with zero attached hydrogens (tertiary/aromatic N) is 2. The summed E-state index contributed by atoms with van der Waals surface area (Å²) in [5.41, 5.74) is 0.178. The lowest BCUT2D eigenvalue weighted by Gasteiger charge is -2.14. The first kappa shape index (κ1) is 20.4. The van der Waals surface area contributed by atoms with E-state index in [9.17, 15) is 20.2 Å². The van der Waals surface area contributed by atoms with Gasteiger partial charge < -0.3 is 20.1 Å². The van der Waals surface area contributed by atoms with E-state index in [1.807, 2.05) is 0 Å². The Morgan fingerprint density at radius 2 is 1.07 bits per heavy atom. The van der Waals surface area contributed by atoms with Gasteiger partial charge in [0, 0.05) is 0 Å². The van der Waals surface area contributed by atoms with E-state index in [0.717, 1.165) is 6.07 Å². The van der Waals surface area contributed by atoms with Crippen molar-refractivity contribution >= 4 is 34.1 Å². The first-order chi connectivity index (χ1) is 14.4. The number of nitro groups is 2. The molecule has 0 aliphatic carbocycles. The molecule has 0 unspecified atom stereocenters. The predicted molar refractivity (Wildman–Crippen MR) is 112 cm³/mol. The van der Waals surface area contributed by atoms with Crippen molar-refractivity contribution in [3.63, 3.8) is 0 Å². The van der Waals surface area contributed by atoms with Crippen LogP contribution in [0.5, 0.6) is 11.5 Å². The molecule has 0 spiro atoms. The normalized spacial score (nSPS) is 10.2. The minimum atomic E-state index is -0.683. The second-order valence-corrected chi connectivity index (χ2v) is 6.05. The molecule has 0 radical (unpaired) electrons. The molecule has 0 aliphatic rings. The fourth-order valence-electron chi connectivity index (χ4n) is 2.87. The smallest absolute Gasteiger partial charge is 0.299 e. The average molecular weight is 410 g/mol. The van der Waals surface area contributed by atoms with Crippen LogP contribution >= 0.6 is 0 Å². The topological polar surface area (TPSA) is 129 Å². The summed E-state index contributed by atoms with van der Waals surface area (Å²) in [4.78, 5) is 21.8. The van der Waals surface area contributed by atoms with Gasteiger partial charge in [0.15, 0.2) is 0 Å². The molecule has 0 atom stereocenters. The molecule has 0 heterocycles. The first-order valence-corrected chi connectivity index (χ1v) is 8.71. The third-order valence-electron chi connectivity index (χ3n) is 4.26. The standard InChI is InChI=1S/C20H18N4O6/c1-29-19-9-5-3-7-13(19)21-15-11-16(18(24(27)28)12-17(15)23(25)26)22-14-8-4-6-10-20(14)30-2/h3-12,21-22H,1-2H3. The molecule has 0 aliphatic heterocycles. The summed E-state index contributed by atoms with van der Waals surface area (Å²) in [6.45, 7) is 0. The van der Waals surface area contributed by atoms with Crippen molar-refractivity contribution < 1.29 is 19.3 Å². The number of ether oxygens (including phenoxy) is 2. The van der Waals surface area contributed by atoms with Crippen LogP contribution in [0.2, 0.25) is 0 Å². The summed E-state index contributed by atoms with van der Waals surface area (Å²) >= 11 is 0. The summed E-state index contributed by atoms with van der Waals surface area (Å²) in [7, 11) is 2.94. The quantitative estimate of drug-likeness (QED) is 0.392. The van der Waals surface area contributed by atoms with Crippen LogP contribution in [0.1, 0.15) is 0 Å². The van der Waals surface area contributed by atoms with Gasteiger partial charge in [-0.1, -0.05) is 24.3 Å². The Morgan fingerprint density at radius 1 is 0.667 bits per heavy atom. The number of hydrogen-bond donors (Lipinski definition) is 2. The van der Waals surface area contributed by atoms with Crippen LogP contribution in [0.15, 0.2) is 60.7 Å². The molecule has 3 rings (SSSR count). The highest BCUT2D eigenvalue weighted by Gasteiger charge is 2.26. The number of rotatable bonds is 8. The zero-order valence-corrected chi connectivity index (χ0v) is 16.1. The number of hydrogen-bond acceptors (Lipinski definition) is 8. The van der Waals surface area contributed by atoms with Gasteiger partial charge in [-0.3, -0.25) is 20.2 Å². The molecule has 0 amide bonds. The number of methoxy groups -OCH3 is 2. The number of nitro benzene ring substituents is 2. The van der Waals surface area contributed by atoms with Gasteiger partial charge in [0.25, 0.3) is 11.4 Å². The summed E-state index contributed by atoms with van der Waals surface area (Å²) in [6, 6.07) is 15.9. The maximum atomic E-state index is 11.6. The lowest BCUT2D eigenvalue weighted by atomic mass is 10.1. The highest BCUT2D eigenvalue weighted by molar-refractivity contribution is 5.84. The number of benzene rings is 3. The highest BCUT2D eigenvalue weighted by atomic mass is 16.6.